The Morgan fingerprint density at radius 2 is 2.00 bits per heavy atom. The van der Waals surface area contributed by atoms with Crippen LogP contribution in [0.5, 0.6) is 0 Å². The molecule has 1 saturated heterocycles. The Morgan fingerprint density at radius 3 is 2.47 bits per heavy atom. The van der Waals surface area contributed by atoms with Crippen LogP contribution in [0.25, 0.3) is 0 Å². The third-order valence-electron chi connectivity index (χ3n) is 2.56. The molecule has 0 spiro atoms. The molecule has 2 heterocycles. The lowest BCUT2D eigenvalue weighted by Gasteiger charge is -2.35. The summed E-state index contributed by atoms with van der Waals surface area (Å²) in [5.74, 6) is 0.891. The second-order valence-electron chi connectivity index (χ2n) is 4.05. The minimum atomic E-state index is 0.235. The van der Waals surface area contributed by atoms with Gasteiger partial charge >= 0.3 is 0 Å². The molecule has 1 fully saturated rings. The predicted octanol–water partition coefficient (Wildman–Crippen LogP) is 1.09. The first-order chi connectivity index (χ1) is 7.08. The van der Waals surface area contributed by atoms with Crippen molar-refractivity contribution in [2.75, 3.05) is 18.0 Å². The number of rotatable bonds is 1. The molecule has 1 aliphatic rings. The van der Waals surface area contributed by atoms with Crippen molar-refractivity contribution < 1.29 is 4.74 Å². The van der Waals surface area contributed by atoms with Crippen LogP contribution in [-0.2, 0) is 11.8 Å². The van der Waals surface area contributed by atoms with E-state index in [0.29, 0.717) is 4.77 Å². The summed E-state index contributed by atoms with van der Waals surface area (Å²) in [6, 6.07) is 0. The van der Waals surface area contributed by atoms with Gasteiger partial charge in [0.1, 0.15) is 0 Å². The molecule has 0 radical (unpaired) electrons. The molecule has 2 atom stereocenters. The van der Waals surface area contributed by atoms with E-state index in [1.807, 2.05) is 11.6 Å². The highest BCUT2D eigenvalue weighted by Crippen LogP contribution is 2.17. The van der Waals surface area contributed by atoms with Crippen LogP contribution in [0.15, 0.2) is 0 Å². The molecule has 6 heteroatoms. The summed E-state index contributed by atoms with van der Waals surface area (Å²) in [6.45, 7) is 5.86. The van der Waals surface area contributed by atoms with Crippen molar-refractivity contribution in [3.05, 3.63) is 4.77 Å². The summed E-state index contributed by atoms with van der Waals surface area (Å²) >= 11 is 5.09. The van der Waals surface area contributed by atoms with Gasteiger partial charge in [-0.1, -0.05) is 0 Å². The van der Waals surface area contributed by atoms with Crippen LogP contribution in [0.4, 0.5) is 5.95 Å². The average Bonchev–Trinajstić information content (AvgIpc) is 2.46. The molecule has 1 aliphatic heterocycles. The van der Waals surface area contributed by atoms with Crippen LogP contribution in [0.1, 0.15) is 13.8 Å². The van der Waals surface area contributed by atoms with Gasteiger partial charge in [0.15, 0.2) is 4.77 Å². The number of morpholine rings is 1. The lowest BCUT2D eigenvalue weighted by Crippen LogP contribution is -2.46. The normalized spacial score (nSPS) is 27.0. The van der Waals surface area contributed by atoms with Crippen LogP contribution in [0, 0.1) is 4.77 Å². The maximum absolute atomic E-state index is 5.67. The number of anilines is 1. The van der Waals surface area contributed by atoms with Gasteiger partial charge in [0, 0.05) is 20.1 Å². The Morgan fingerprint density at radius 1 is 1.40 bits per heavy atom. The van der Waals surface area contributed by atoms with Crippen molar-refractivity contribution in [2.45, 2.75) is 26.1 Å². The summed E-state index contributed by atoms with van der Waals surface area (Å²) in [5, 5.41) is 7.02. The number of ether oxygens (including phenoxy) is 1. The fourth-order valence-corrected chi connectivity index (χ4v) is 2.09. The maximum Gasteiger partial charge on any atom is 0.225 e. The van der Waals surface area contributed by atoms with Crippen LogP contribution in [-0.4, -0.2) is 40.1 Å². The van der Waals surface area contributed by atoms with Crippen molar-refractivity contribution in [1.29, 1.82) is 0 Å². The molecular weight excluding hydrogens is 212 g/mol. The van der Waals surface area contributed by atoms with E-state index < -0.39 is 0 Å². The van der Waals surface area contributed by atoms with Crippen LogP contribution < -0.4 is 4.90 Å². The van der Waals surface area contributed by atoms with E-state index >= 15 is 0 Å². The third kappa shape index (κ3) is 2.05. The van der Waals surface area contributed by atoms with Crippen LogP contribution >= 0.6 is 12.2 Å². The van der Waals surface area contributed by atoms with Gasteiger partial charge in [0.05, 0.1) is 12.2 Å². The van der Waals surface area contributed by atoms with Gasteiger partial charge in [-0.05, 0) is 26.1 Å². The SMILES string of the molecule is CC1CN(c2n[nH]c(=S)n2C)CC(C)O1. The molecule has 0 bridgehead atoms. The zero-order chi connectivity index (χ0) is 11.0. The van der Waals surface area contributed by atoms with Crippen LogP contribution in [0.2, 0.25) is 0 Å². The van der Waals surface area contributed by atoms with Crippen LogP contribution in [0.3, 0.4) is 0 Å². The van der Waals surface area contributed by atoms with Crippen molar-refractivity contribution in [2.24, 2.45) is 7.05 Å². The molecular formula is C9H16N4OS. The molecule has 0 amide bonds. The van der Waals surface area contributed by atoms with Gasteiger partial charge in [-0.15, -0.1) is 5.10 Å². The Kier molecular flexibility index (Phi) is 2.79. The molecule has 0 aromatic carbocycles. The number of hydrogen-bond donors (Lipinski definition) is 1. The number of nitrogens with zero attached hydrogens (tertiary/aromatic N) is 3. The first-order valence-electron chi connectivity index (χ1n) is 5.09. The molecule has 2 unspecified atom stereocenters. The maximum atomic E-state index is 5.67. The zero-order valence-corrected chi connectivity index (χ0v) is 10.0. The van der Waals surface area contributed by atoms with Crippen molar-refractivity contribution in [3.63, 3.8) is 0 Å². The molecule has 15 heavy (non-hydrogen) atoms. The van der Waals surface area contributed by atoms with Gasteiger partial charge in [-0.3, -0.25) is 4.57 Å². The third-order valence-corrected chi connectivity index (χ3v) is 2.92. The first kappa shape index (κ1) is 10.6. The number of H-pyrrole nitrogens is 1. The van der Waals surface area contributed by atoms with Crippen molar-refractivity contribution in [3.8, 4) is 0 Å². The number of aromatic nitrogens is 3. The smallest absolute Gasteiger partial charge is 0.225 e. The minimum absolute atomic E-state index is 0.235. The quantitative estimate of drug-likeness (QED) is 0.731. The summed E-state index contributed by atoms with van der Waals surface area (Å²) in [6.07, 6.45) is 0.470. The Hall–Kier alpha value is -0.880. The van der Waals surface area contributed by atoms with E-state index in [1.165, 1.54) is 0 Å². The number of hydrogen-bond acceptors (Lipinski definition) is 4. The second-order valence-corrected chi connectivity index (χ2v) is 4.44. The molecule has 1 N–H and O–H groups in total. The van der Waals surface area contributed by atoms with Gasteiger partial charge < -0.3 is 9.64 Å². The van der Waals surface area contributed by atoms with Crippen molar-refractivity contribution in [1.82, 2.24) is 14.8 Å². The molecule has 5 nitrogen and oxygen atoms in total. The Balaban J connectivity index is 2.23. The van der Waals surface area contributed by atoms with Gasteiger partial charge in [-0.25, -0.2) is 5.10 Å². The van der Waals surface area contributed by atoms with Gasteiger partial charge in [-0.2, -0.15) is 0 Å². The van der Waals surface area contributed by atoms with E-state index in [-0.39, 0.29) is 12.2 Å². The molecule has 2 rings (SSSR count). The first-order valence-corrected chi connectivity index (χ1v) is 5.50. The highest BCUT2D eigenvalue weighted by atomic mass is 32.1. The van der Waals surface area contributed by atoms with Gasteiger partial charge in [0.2, 0.25) is 5.95 Å². The summed E-state index contributed by atoms with van der Waals surface area (Å²) in [5.41, 5.74) is 0. The van der Waals surface area contributed by atoms with E-state index in [9.17, 15) is 0 Å². The lowest BCUT2D eigenvalue weighted by atomic mass is 10.2. The standard InChI is InChI=1S/C9H16N4OS/c1-6-4-13(5-7(2)14-6)8-10-11-9(15)12(8)3/h6-7H,4-5H2,1-3H3,(H,11,15). The molecule has 1 aromatic rings. The largest absolute Gasteiger partial charge is 0.372 e. The fraction of sp³-hybridized carbons (Fsp3) is 0.778. The van der Waals surface area contributed by atoms with Crippen molar-refractivity contribution >= 4 is 18.2 Å². The summed E-state index contributed by atoms with van der Waals surface area (Å²) < 4.78 is 8.21. The second kappa shape index (κ2) is 3.94. The molecule has 1 aromatic heterocycles. The molecule has 0 aliphatic carbocycles. The van der Waals surface area contributed by atoms with E-state index in [0.717, 1.165) is 19.0 Å². The zero-order valence-electron chi connectivity index (χ0n) is 9.23. The van der Waals surface area contributed by atoms with E-state index in [2.05, 4.69) is 28.9 Å². The van der Waals surface area contributed by atoms with Gasteiger partial charge in [0.25, 0.3) is 0 Å². The Labute approximate surface area is 94.0 Å². The molecule has 0 saturated carbocycles. The average molecular weight is 228 g/mol. The highest BCUT2D eigenvalue weighted by Gasteiger charge is 2.24. The number of aromatic amines is 1. The Bertz CT molecular complexity index is 389. The fourth-order valence-electron chi connectivity index (χ4n) is 1.96. The predicted molar refractivity (Wildman–Crippen MR) is 60.6 cm³/mol. The lowest BCUT2D eigenvalue weighted by molar-refractivity contribution is -0.00587. The summed E-state index contributed by atoms with van der Waals surface area (Å²) in [7, 11) is 1.92. The summed E-state index contributed by atoms with van der Waals surface area (Å²) in [4.78, 5) is 2.20. The van der Waals surface area contributed by atoms with E-state index in [4.69, 9.17) is 17.0 Å². The monoisotopic (exact) mass is 228 g/mol. The molecule has 84 valence electrons. The minimum Gasteiger partial charge on any atom is -0.372 e. The van der Waals surface area contributed by atoms with E-state index in [1.54, 1.807) is 0 Å². The highest BCUT2D eigenvalue weighted by molar-refractivity contribution is 7.71. The number of nitrogens with one attached hydrogen (secondary N) is 1. The topological polar surface area (TPSA) is 46.1 Å².